The quantitative estimate of drug-likeness (QED) is 0.775. The van der Waals surface area contributed by atoms with E-state index in [-0.39, 0.29) is 5.78 Å². The van der Waals surface area contributed by atoms with E-state index in [1.54, 1.807) is 18.2 Å². The summed E-state index contributed by atoms with van der Waals surface area (Å²) in [4.78, 5) is 11.4. The number of carbonyl (C=O) groups excluding carboxylic acids is 1. The van der Waals surface area contributed by atoms with Crippen LogP contribution in [0.15, 0.2) is 18.2 Å². The molecule has 1 atom stereocenters. The van der Waals surface area contributed by atoms with Crippen LogP contribution in [0.1, 0.15) is 32.3 Å². The van der Waals surface area contributed by atoms with Crippen LogP contribution in [0.25, 0.3) is 0 Å². The number of benzene rings is 1. The molecule has 0 saturated heterocycles. The number of hydrogen-bond donors (Lipinski definition) is 0. The molecule has 4 heteroatoms. The topological polar surface area (TPSA) is 59.3 Å². The van der Waals surface area contributed by atoms with Crippen LogP contribution in [0.3, 0.4) is 0 Å². The van der Waals surface area contributed by atoms with Gasteiger partial charge in [-0.15, -0.1) is 0 Å². The van der Waals surface area contributed by atoms with E-state index >= 15 is 0 Å². The van der Waals surface area contributed by atoms with E-state index < -0.39 is 5.92 Å². The number of rotatable bonds is 6. The number of hydrogen-bond acceptors (Lipinski definition) is 4. The average molecular weight is 247 g/mol. The second kappa shape index (κ2) is 6.65. The molecule has 0 spiro atoms. The number of ketones is 1. The molecular weight excluding hydrogens is 230 g/mol. The first kappa shape index (κ1) is 14.0. The van der Waals surface area contributed by atoms with E-state index in [1.807, 2.05) is 19.9 Å². The summed E-state index contributed by atoms with van der Waals surface area (Å²) in [6.45, 7) is 6.20. The Morgan fingerprint density at radius 1 is 1.28 bits per heavy atom. The molecule has 0 fully saturated rings. The highest BCUT2D eigenvalue weighted by molar-refractivity contribution is 5.86. The smallest absolute Gasteiger partial charge is 0.161 e. The summed E-state index contributed by atoms with van der Waals surface area (Å²) in [5, 5.41) is 9.00. The van der Waals surface area contributed by atoms with E-state index in [0.717, 1.165) is 0 Å². The maximum absolute atomic E-state index is 11.4. The molecule has 0 bridgehead atoms. The molecule has 1 rings (SSSR count). The van der Waals surface area contributed by atoms with Gasteiger partial charge in [-0.1, -0.05) is 6.07 Å². The first-order valence-electron chi connectivity index (χ1n) is 5.93. The number of nitriles is 1. The first-order chi connectivity index (χ1) is 8.63. The lowest BCUT2D eigenvalue weighted by atomic mass is 9.97. The second-order valence-electron chi connectivity index (χ2n) is 3.74. The van der Waals surface area contributed by atoms with Gasteiger partial charge < -0.3 is 9.47 Å². The molecule has 18 heavy (non-hydrogen) atoms. The van der Waals surface area contributed by atoms with Crippen LogP contribution < -0.4 is 9.47 Å². The zero-order valence-electron chi connectivity index (χ0n) is 10.9. The summed E-state index contributed by atoms with van der Waals surface area (Å²) in [6, 6.07) is 7.15. The van der Waals surface area contributed by atoms with Gasteiger partial charge in [-0.3, -0.25) is 4.79 Å². The molecule has 0 N–H and O–H groups in total. The van der Waals surface area contributed by atoms with Crippen LogP contribution in [-0.2, 0) is 4.79 Å². The van der Waals surface area contributed by atoms with Gasteiger partial charge in [0.2, 0.25) is 0 Å². The van der Waals surface area contributed by atoms with Crippen molar-refractivity contribution in [2.24, 2.45) is 0 Å². The van der Waals surface area contributed by atoms with Crippen molar-refractivity contribution in [1.29, 1.82) is 5.26 Å². The molecule has 0 aliphatic carbocycles. The fourth-order valence-corrected chi connectivity index (χ4v) is 1.65. The maximum atomic E-state index is 11.4. The van der Waals surface area contributed by atoms with E-state index in [0.29, 0.717) is 30.3 Å². The molecule has 0 aromatic heterocycles. The molecule has 1 aromatic rings. The van der Waals surface area contributed by atoms with Crippen molar-refractivity contribution >= 4 is 5.78 Å². The van der Waals surface area contributed by atoms with E-state index in [1.165, 1.54) is 6.92 Å². The third kappa shape index (κ3) is 3.24. The molecule has 0 heterocycles. The predicted octanol–water partition coefficient (Wildman–Crippen LogP) is 2.68. The van der Waals surface area contributed by atoms with Crippen LogP contribution in [0.2, 0.25) is 0 Å². The molecule has 0 aliphatic rings. The van der Waals surface area contributed by atoms with Crippen LogP contribution >= 0.6 is 0 Å². The predicted molar refractivity (Wildman–Crippen MR) is 67.8 cm³/mol. The third-order valence-electron chi connectivity index (χ3n) is 2.44. The molecule has 0 aliphatic heterocycles. The van der Waals surface area contributed by atoms with Crippen molar-refractivity contribution in [3.8, 4) is 17.6 Å². The molecular formula is C14H17NO3. The van der Waals surface area contributed by atoms with Crippen molar-refractivity contribution in [2.75, 3.05) is 13.2 Å². The Hall–Kier alpha value is -2.02. The van der Waals surface area contributed by atoms with Gasteiger partial charge in [0.25, 0.3) is 0 Å². The zero-order chi connectivity index (χ0) is 13.5. The number of Topliss-reactive ketones (excluding diaryl/α,β-unsaturated/α-hetero) is 1. The van der Waals surface area contributed by atoms with Gasteiger partial charge in [0, 0.05) is 0 Å². The summed E-state index contributed by atoms with van der Waals surface area (Å²) in [7, 11) is 0. The Morgan fingerprint density at radius 2 is 1.89 bits per heavy atom. The molecule has 0 saturated carbocycles. The number of nitrogens with zero attached hydrogens (tertiary/aromatic N) is 1. The van der Waals surface area contributed by atoms with Gasteiger partial charge in [0.15, 0.2) is 17.3 Å². The van der Waals surface area contributed by atoms with Crippen molar-refractivity contribution in [2.45, 2.75) is 26.7 Å². The van der Waals surface area contributed by atoms with Crippen LogP contribution in [-0.4, -0.2) is 19.0 Å². The normalized spacial score (nSPS) is 11.4. The van der Waals surface area contributed by atoms with E-state index in [2.05, 4.69) is 0 Å². The van der Waals surface area contributed by atoms with E-state index in [4.69, 9.17) is 14.7 Å². The van der Waals surface area contributed by atoms with Gasteiger partial charge in [-0.25, -0.2) is 0 Å². The Morgan fingerprint density at radius 3 is 2.39 bits per heavy atom. The fourth-order valence-electron chi connectivity index (χ4n) is 1.65. The van der Waals surface area contributed by atoms with Gasteiger partial charge in [-0.2, -0.15) is 5.26 Å². The lowest BCUT2D eigenvalue weighted by Crippen LogP contribution is -2.07. The van der Waals surface area contributed by atoms with Gasteiger partial charge in [0.1, 0.15) is 5.92 Å². The molecule has 0 unspecified atom stereocenters. The fraction of sp³-hybridized carbons (Fsp3) is 0.429. The lowest BCUT2D eigenvalue weighted by molar-refractivity contribution is -0.117. The Labute approximate surface area is 107 Å². The molecule has 0 amide bonds. The summed E-state index contributed by atoms with van der Waals surface area (Å²) in [6.07, 6.45) is 0. The van der Waals surface area contributed by atoms with Crippen LogP contribution in [0.5, 0.6) is 11.5 Å². The highest BCUT2D eigenvalue weighted by Gasteiger charge is 2.18. The minimum atomic E-state index is -0.750. The standard InChI is InChI=1S/C14H17NO3/c1-4-17-13-7-6-11(8-14(13)18-5-2)12(9-15)10(3)16/h6-8,12H,4-5H2,1-3H3/t12-/m0/s1. The first-order valence-corrected chi connectivity index (χ1v) is 5.93. The largest absolute Gasteiger partial charge is 0.490 e. The Bertz CT molecular complexity index is 463. The Balaban J connectivity index is 3.13. The minimum Gasteiger partial charge on any atom is -0.490 e. The third-order valence-corrected chi connectivity index (χ3v) is 2.44. The minimum absolute atomic E-state index is 0.177. The summed E-state index contributed by atoms with van der Waals surface area (Å²) < 4.78 is 10.9. The van der Waals surface area contributed by atoms with Crippen molar-refractivity contribution in [3.05, 3.63) is 23.8 Å². The summed E-state index contributed by atoms with van der Waals surface area (Å²) >= 11 is 0. The summed E-state index contributed by atoms with van der Waals surface area (Å²) in [5.74, 6) is 0.269. The SMILES string of the molecule is CCOc1ccc([C@@H](C#N)C(C)=O)cc1OCC. The van der Waals surface area contributed by atoms with Crippen molar-refractivity contribution in [1.82, 2.24) is 0 Å². The highest BCUT2D eigenvalue weighted by Crippen LogP contribution is 2.31. The van der Waals surface area contributed by atoms with Crippen molar-refractivity contribution < 1.29 is 14.3 Å². The second-order valence-corrected chi connectivity index (χ2v) is 3.74. The van der Waals surface area contributed by atoms with Crippen LogP contribution in [0.4, 0.5) is 0 Å². The van der Waals surface area contributed by atoms with Gasteiger partial charge in [0.05, 0.1) is 19.3 Å². The average Bonchev–Trinajstić information content (AvgIpc) is 2.33. The molecule has 96 valence electrons. The number of ether oxygens (including phenoxy) is 2. The summed E-state index contributed by atoms with van der Waals surface area (Å²) in [5.41, 5.74) is 0.636. The van der Waals surface area contributed by atoms with E-state index in [9.17, 15) is 4.79 Å². The molecule has 4 nitrogen and oxygen atoms in total. The monoisotopic (exact) mass is 247 g/mol. The van der Waals surface area contributed by atoms with Gasteiger partial charge >= 0.3 is 0 Å². The van der Waals surface area contributed by atoms with Crippen molar-refractivity contribution in [3.63, 3.8) is 0 Å². The number of carbonyl (C=O) groups is 1. The Kier molecular flexibility index (Phi) is 5.19. The van der Waals surface area contributed by atoms with Crippen LogP contribution in [0, 0.1) is 11.3 Å². The lowest BCUT2D eigenvalue weighted by Gasteiger charge is -2.13. The zero-order valence-corrected chi connectivity index (χ0v) is 10.9. The highest BCUT2D eigenvalue weighted by atomic mass is 16.5. The maximum Gasteiger partial charge on any atom is 0.161 e. The molecule has 0 radical (unpaired) electrons. The molecule has 1 aromatic carbocycles. The van der Waals surface area contributed by atoms with Gasteiger partial charge in [-0.05, 0) is 38.5 Å².